The van der Waals surface area contributed by atoms with E-state index in [9.17, 15) is 19.7 Å². The third-order valence-corrected chi connectivity index (χ3v) is 4.67. The van der Waals surface area contributed by atoms with Crippen molar-refractivity contribution in [3.05, 3.63) is 58.1 Å². The first-order valence-electron chi connectivity index (χ1n) is 8.43. The summed E-state index contributed by atoms with van der Waals surface area (Å²) in [6.45, 7) is 3.36. The number of nitrogens with zero attached hydrogens (tertiary/aromatic N) is 1. The van der Waals surface area contributed by atoms with Gasteiger partial charge in [-0.15, -0.1) is 11.8 Å². The average molecular weight is 404 g/mol. The Morgan fingerprint density at radius 3 is 2.61 bits per heavy atom. The second-order valence-electron chi connectivity index (χ2n) is 5.61. The van der Waals surface area contributed by atoms with E-state index in [0.717, 1.165) is 10.6 Å². The maximum atomic E-state index is 12.4. The van der Waals surface area contributed by atoms with Crippen LogP contribution in [0.2, 0.25) is 0 Å². The summed E-state index contributed by atoms with van der Waals surface area (Å²) in [6.07, 6.45) is -1.14. The fourth-order valence-electron chi connectivity index (χ4n) is 2.32. The molecule has 1 N–H and O–H groups in total. The highest BCUT2D eigenvalue weighted by Gasteiger charge is 2.24. The molecule has 8 nitrogen and oxygen atoms in total. The van der Waals surface area contributed by atoms with E-state index in [-0.39, 0.29) is 17.1 Å². The largest absolute Gasteiger partial charge is 0.496 e. The van der Waals surface area contributed by atoms with Gasteiger partial charge in [0.1, 0.15) is 11.4 Å². The van der Waals surface area contributed by atoms with Crippen LogP contribution in [0.5, 0.6) is 5.75 Å². The topological polar surface area (TPSA) is 108 Å². The normalized spacial score (nSPS) is 11.4. The van der Waals surface area contributed by atoms with Gasteiger partial charge in [-0.25, -0.2) is 4.79 Å². The highest BCUT2D eigenvalue weighted by molar-refractivity contribution is 7.99. The molecule has 1 amide bonds. The van der Waals surface area contributed by atoms with Crippen molar-refractivity contribution >= 4 is 35.0 Å². The first-order chi connectivity index (χ1) is 13.4. The number of carbonyl (C=O) groups excluding carboxylic acids is 2. The van der Waals surface area contributed by atoms with Crippen LogP contribution in [-0.4, -0.2) is 35.8 Å². The first kappa shape index (κ1) is 21.2. The molecule has 0 aliphatic heterocycles. The second-order valence-corrected chi connectivity index (χ2v) is 6.91. The minimum Gasteiger partial charge on any atom is -0.496 e. The number of hydrogen-bond acceptors (Lipinski definition) is 7. The Morgan fingerprint density at radius 2 is 1.96 bits per heavy atom. The zero-order valence-electron chi connectivity index (χ0n) is 15.6. The predicted molar refractivity (Wildman–Crippen MR) is 106 cm³/mol. The number of nitro groups is 1. The highest BCUT2D eigenvalue weighted by Crippen LogP contribution is 2.29. The molecule has 1 atom stereocenters. The van der Waals surface area contributed by atoms with E-state index in [1.807, 2.05) is 13.0 Å². The van der Waals surface area contributed by atoms with E-state index in [0.29, 0.717) is 5.56 Å². The number of amides is 1. The summed E-state index contributed by atoms with van der Waals surface area (Å²) in [4.78, 5) is 36.1. The molecule has 9 heteroatoms. The molecule has 0 aromatic heterocycles. The van der Waals surface area contributed by atoms with Crippen molar-refractivity contribution < 1.29 is 24.0 Å². The molecule has 2 rings (SSSR count). The van der Waals surface area contributed by atoms with E-state index < -0.39 is 22.9 Å². The summed E-state index contributed by atoms with van der Waals surface area (Å²) >= 11 is 1.49. The molecule has 0 heterocycles. The number of esters is 1. The summed E-state index contributed by atoms with van der Waals surface area (Å²) in [6, 6.07) is 11.0. The molecule has 2 aromatic rings. The smallest absolute Gasteiger partial charge is 0.340 e. The van der Waals surface area contributed by atoms with Gasteiger partial charge in [0.25, 0.3) is 11.6 Å². The number of nitrogens with one attached hydrogen (secondary N) is 1. The van der Waals surface area contributed by atoms with Crippen LogP contribution >= 0.6 is 11.8 Å². The average Bonchev–Trinajstić information content (AvgIpc) is 2.68. The number of anilines is 1. The van der Waals surface area contributed by atoms with Gasteiger partial charge in [-0.2, -0.15) is 0 Å². The summed E-state index contributed by atoms with van der Waals surface area (Å²) in [5.74, 6) is -0.249. The molecule has 0 bridgehead atoms. The maximum Gasteiger partial charge on any atom is 0.340 e. The molecule has 0 fully saturated rings. The molecule has 0 aliphatic carbocycles. The predicted octanol–water partition coefficient (Wildman–Crippen LogP) is 3.90. The Labute approximate surface area is 166 Å². The molecule has 0 radical (unpaired) electrons. The minimum absolute atomic E-state index is 0.0133. The van der Waals surface area contributed by atoms with Crippen LogP contribution in [0.3, 0.4) is 0 Å². The first-order valence-corrected chi connectivity index (χ1v) is 9.42. The van der Waals surface area contributed by atoms with Gasteiger partial charge in [0.15, 0.2) is 6.10 Å². The van der Waals surface area contributed by atoms with Gasteiger partial charge in [0.05, 0.1) is 23.7 Å². The number of nitro benzene ring substituents is 1. The molecule has 2 aromatic carbocycles. The van der Waals surface area contributed by atoms with Crippen molar-refractivity contribution in [3.8, 4) is 5.75 Å². The molecule has 0 unspecified atom stereocenters. The van der Waals surface area contributed by atoms with Gasteiger partial charge in [0.2, 0.25) is 0 Å². The Morgan fingerprint density at radius 1 is 1.25 bits per heavy atom. The molecule has 0 saturated heterocycles. The number of rotatable bonds is 8. The van der Waals surface area contributed by atoms with Gasteiger partial charge < -0.3 is 14.8 Å². The lowest BCUT2D eigenvalue weighted by atomic mass is 10.2. The van der Waals surface area contributed by atoms with Crippen LogP contribution < -0.4 is 10.1 Å². The van der Waals surface area contributed by atoms with Gasteiger partial charge in [-0.3, -0.25) is 14.9 Å². The zero-order valence-corrected chi connectivity index (χ0v) is 16.4. The molecule has 0 saturated carbocycles. The van der Waals surface area contributed by atoms with Crippen molar-refractivity contribution in [1.29, 1.82) is 0 Å². The van der Waals surface area contributed by atoms with E-state index in [2.05, 4.69) is 5.32 Å². The van der Waals surface area contributed by atoms with Crippen LogP contribution in [0.1, 0.15) is 24.2 Å². The monoisotopic (exact) mass is 404 g/mol. The molecular weight excluding hydrogens is 384 g/mol. The summed E-state index contributed by atoms with van der Waals surface area (Å²) in [5.41, 5.74) is 0.0287. The Bertz CT molecular complexity index is 886. The quantitative estimate of drug-likeness (QED) is 0.308. The number of thioether (sulfide) groups is 1. The van der Waals surface area contributed by atoms with Crippen molar-refractivity contribution in [3.63, 3.8) is 0 Å². The number of benzene rings is 2. The highest BCUT2D eigenvalue weighted by atomic mass is 32.2. The summed E-state index contributed by atoms with van der Waals surface area (Å²) < 4.78 is 10.2. The van der Waals surface area contributed by atoms with Crippen LogP contribution in [0, 0.1) is 10.1 Å². The fraction of sp³-hybridized carbons (Fsp3) is 0.263. The Hall–Kier alpha value is -3.07. The lowest BCUT2D eigenvalue weighted by Gasteiger charge is -2.15. The van der Waals surface area contributed by atoms with Crippen molar-refractivity contribution in [1.82, 2.24) is 0 Å². The number of hydrogen-bond donors (Lipinski definition) is 1. The maximum absolute atomic E-state index is 12.4. The zero-order chi connectivity index (χ0) is 20.7. The van der Waals surface area contributed by atoms with E-state index >= 15 is 0 Å². The van der Waals surface area contributed by atoms with E-state index in [1.165, 1.54) is 44.0 Å². The molecule has 148 valence electrons. The van der Waals surface area contributed by atoms with Gasteiger partial charge in [-0.05, 0) is 36.9 Å². The van der Waals surface area contributed by atoms with Crippen LogP contribution in [-0.2, 0) is 9.53 Å². The number of carbonyl (C=O) groups is 2. The number of ether oxygens (including phenoxy) is 2. The lowest BCUT2D eigenvalue weighted by Crippen LogP contribution is -2.30. The van der Waals surface area contributed by atoms with E-state index in [4.69, 9.17) is 9.47 Å². The molecular formula is C19H20N2O6S. The SMILES string of the molecule is CCSc1ccccc1C(=O)O[C@H](C)C(=O)Nc1ccc(OC)cc1[N+](=O)[O-]. The lowest BCUT2D eigenvalue weighted by molar-refractivity contribution is -0.384. The van der Waals surface area contributed by atoms with Crippen molar-refractivity contribution in [2.45, 2.75) is 24.8 Å². The van der Waals surface area contributed by atoms with Gasteiger partial charge in [0, 0.05) is 4.90 Å². The molecule has 28 heavy (non-hydrogen) atoms. The Balaban J connectivity index is 2.12. The van der Waals surface area contributed by atoms with Crippen LogP contribution in [0.4, 0.5) is 11.4 Å². The molecule has 0 spiro atoms. The third kappa shape index (κ3) is 5.23. The van der Waals surface area contributed by atoms with E-state index in [1.54, 1.807) is 18.2 Å². The minimum atomic E-state index is -1.14. The second kappa shape index (κ2) is 9.75. The van der Waals surface area contributed by atoms with Crippen LogP contribution in [0.25, 0.3) is 0 Å². The van der Waals surface area contributed by atoms with Crippen molar-refractivity contribution in [2.75, 3.05) is 18.2 Å². The molecule has 0 aliphatic rings. The van der Waals surface area contributed by atoms with Gasteiger partial charge in [-0.1, -0.05) is 19.1 Å². The number of methoxy groups -OCH3 is 1. The summed E-state index contributed by atoms with van der Waals surface area (Å²) in [7, 11) is 1.38. The summed E-state index contributed by atoms with van der Waals surface area (Å²) in [5, 5.41) is 13.6. The van der Waals surface area contributed by atoms with Crippen LogP contribution in [0.15, 0.2) is 47.4 Å². The standard InChI is InChI=1S/C19H20N2O6S/c1-4-28-17-8-6-5-7-14(17)19(23)27-12(2)18(22)20-15-10-9-13(26-3)11-16(15)21(24)25/h5-12H,4H2,1-3H3,(H,20,22)/t12-/m1/s1. The fourth-order valence-corrected chi connectivity index (χ4v) is 3.12. The Kier molecular flexibility index (Phi) is 7.39. The van der Waals surface area contributed by atoms with Gasteiger partial charge >= 0.3 is 5.97 Å². The van der Waals surface area contributed by atoms with Crippen molar-refractivity contribution in [2.24, 2.45) is 0 Å². The third-order valence-electron chi connectivity index (χ3n) is 3.72.